The molecule has 1 fully saturated rings. The molecule has 18 heavy (non-hydrogen) atoms. The third-order valence-electron chi connectivity index (χ3n) is 2.67. The van der Waals surface area contributed by atoms with Gasteiger partial charge in [-0.05, 0) is 18.2 Å². The van der Waals surface area contributed by atoms with E-state index in [9.17, 15) is 9.90 Å². The molecule has 1 aliphatic rings. The first kappa shape index (κ1) is 12.5. The summed E-state index contributed by atoms with van der Waals surface area (Å²) < 4.78 is 5.15. The monoisotopic (exact) mass is 253 g/mol. The average Bonchev–Trinajstić information content (AvgIpc) is 2.42. The fraction of sp³-hybridized carbons (Fsp3) is 0.364. The Labute approximate surface area is 104 Å². The smallest absolute Gasteiger partial charge is 0.322 e. The van der Waals surface area contributed by atoms with Gasteiger partial charge in [0.2, 0.25) is 0 Å². The average molecular weight is 253 g/mol. The zero-order valence-corrected chi connectivity index (χ0v) is 9.72. The fourth-order valence-electron chi connectivity index (χ4n) is 1.67. The number of hydrogen-bond donors (Lipinski definition) is 4. The minimum Gasteiger partial charge on any atom is -0.506 e. The number of morpholine rings is 1. The minimum absolute atomic E-state index is 0.0955. The van der Waals surface area contributed by atoms with Crippen LogP contribution in [0, 0.1) is 0 Å². The van der Waals surface area contributed by atoms with E-state index in [0.717, 1.165) is 0 Å². The van der Waals surface area contributed by atoms with Gasteiger partial charge in [0.1, 0.15) is 11.4 Å². The van der Waals surface area contributed by atoms with Gasteiger partial charge >= 0.3 is 6.03 Å². The van der Waals surface area contributed by atoms with Crippen LogP contribution in [0.5, 0.6) is 5.75 Å². The van der Waals surface area contributed by atoms with Gasteiger partial charge in [-0.2, -0.15) is 0 Å². The lowest BCUT2D eigenvalue weighted by Crippen LogP contribution is -2.43. The molecule has 1 aliphatic heterocycles. The van der Waals surface area contributed by atoms with Crippen molar-refractivity contribution in [2.24, 2.45) is 0 Å². The maximum Gasteiger partial charge on any atom is 0.322 e. The first-order chi connectivity index (χ1) is 8.70. The molecule has 2 rings (SSSR count). The van der Waals surface area contributed by atoms with E-state index in [0.29, 0.717) is 32.0 Å². The molecule has 0 aromatic heterocycles. The highest BCUT2D eigenvalue weighted by Gasteiger charge is 2.16. The molecule has 0 unspecified atom stereocenters. The molecule has 1 aromatic carbocycles. The number of benzene rings is 1. The van der Waals surface area contributed by atoms with Crippen molar-refractivity contribution in [1.82, 2.24) is 4.90 Å². The van der Waals surface area contributed by atoms with E-state index in [2.05, 4.69) is 5.32 Å². The lowest BCUT2D eigenvalue weighted by molar-refractivity contribution is 0.0564. The summed E-state index contributed by atoms with van der Waals surface area (Å²) in [7, 11) is 0. The summed E-state index contributed by atoms with van der Waals surface area (Å²) in [5, 5.41) is 20.8. The van der Waals surface area contributed by atoms with Crippen molar-refractivity contribution in [2.45, 2.75) is 0 Å². The molecular weight excluding hydrogens is 238 g/mol. The molecule has 0 saturated carbocycles. The Morgan fingerprint density at radius 1 is 1.33 bits per heavy atom. The van der Waals surface area contributed by atoms with Crippen LogP contribution in [0.4, 0.5) is 16.2 Å². The largest absolute Gasteiger partial charge is 0.506 e. The van der Waals surface area contributed by atoms with Crippen molar-refractivity contribution in [3.05, 3.63) is 18.2 Å². The van der Waals surface area contributed by atoms with E-state index < -0.39 is 0 Å². The number of hydrogen-bond acceptors (Lipinski definition) is 5. The fourth-order valence-corrected chi connectivity index (χ4v) is 1.67. The van der Waals surface area contributed by atoms with Crippen LogP contribution in [-0.2, 0) is 4.74 Å². The van der Waals surface area contributed by atoms with E-state index in [1.54, 1.807) is 11.0 Å². The predicted octanol–water partition coefficient (Wildman–Crippen LogP) is 1.06. The molecule has 2 amide bonds. The third kappa shape index (κ3) is 2.82. The van der Waals surface area contributed by atoms with Crippen LogP contribution in [0.2, 0.25) is 0 Å². The molecule has 1 aromatic rings. The van der Waals surface area contributed by atoms with Crippen LogP contribution in [0.25, 0.3) is 0 Å². The van der Waals surface area contributed by atoms with Gasteiger partial charge in [0.25, 0.3) is 0 Å². The molecule has 4 N–H and O–H groups in total. The van der Waals surface area contributed by atoms with Crippen LogP contribution >= 0.6 is 0 Å². The van der Waals surface area contributed by atoms with E-state index in [1.165, 1.54) is 12.1 Å². The van der Waals surface area contributed by atoms with Crippen molar-refractivity contribution in [3.63, 3.8) is 0 Å². The second-order valence-corrected chi connectivity index (χ2v) is 3.87. The summed E-state index contributed by atoms with van der Waals surface area (Å²) in [6.07, 6.45) is 0. The maximum absolute atomic E-state index is 11.9. The molecule has 1 heterocycles. The summed E-state index contributed by atoms with van der Waals surface area (Å²) >= 11 is 0. The minimum atomic E-state index is -0.229. The number of rotatable bonds is 2. The van der Waals surface area contributed by atoms with E-state index >= 15 is 0 Å². The number of nitrogens with one attached hydrogen (secondary N) is 2. The third-order valence-corrected chi connectivity index (χ3v) is 2.67. The lowest BCUT2D eigenvalue weighted by Gasteiger charge is -2.27. The first-order valence-electron chi connectivity index (χ1n) is 5.57. The Morgan fingerprint density at radius 2 is 2.06 bits per heavy atom. The summed E-state index contributed by atoms with van der Waals surface area (Å²) in [5.41, 5.74) is 2.47. The van der Waals surface area contributed by atoms with E-state index in [4.69, 9.17) is 9.94 Å². The van der Waals surface area contributed by atoms with E-state index in [-0.39, 0.29) is 17.5 Å². The Morgan fingerprint density at radius 3 is 2.72 bits per heavy atom. The SMILES string of the molecule is O=C(Nc1ccc(O)c(NO)c1)N1CCOCC1. The molecule has 0 spiro atoms. The summed E-state index contributed by atoms with van der Waals surface area (Å²) in [5.74, 6) is -0.0955. The number of phenols is 1. The number of nitrogens with zero attached hydrogens (tertiary/aromatic N) is 1. The van der Waals surface area contributed by atoms with Gasteiger partial charge in [-0.25, -0.2) is 4.79 Å². The van der Waals surface area contributed by atoms with Gasteiger partial charge in [0, 0.05) is 18.8 Å². The molecule has 7 nitrogen and oxygen atoms in total. The van der Waals surface area contributed by atoms with Gasteiger partial charge in [0.05, 0.1) is 13.2 Å². The maximum atomic E-state index is 11.9. The molecule has 0 atom stereocenters. The van der Waals surface area contributed by atoms with Gasteiger partial charge < -0.3 is 20.1 Å². The van der Waals surface area contributed by atoms with Crippen LogP contribution in [0.15, 0.2) is 18.2 Å². The van der Waals surface area contributed by atoms with Crippen LogP contribution in [0.1, 0.15) is 0 Å². The van der Waals surface area contributed by atoms with Crippen LogP contribution < -0.4 is 10.8 Å². The van der Waals surface area contributed by atoms with Crippen molar-refractivity contribution in [3.8, 4) is 5.75 Å². The Kier molecular flexibility index (Phi) is 3.85. The highest BCUT2D eigenvalue weighted by Crippen LogP contribution is 2.26. The normalized spacial score (nSPS) is 15.3. The zero-order chi connectivity index (χ0) is 13.0. The highest BCUT2D eigenvalue weighted by atomic mass is 16.5. The summed E-state index contributed by atoms with van der Waals surface area (Å²) in [4.78, 5) is 13.5. The van der Waals surface area contributed by atoms with Crippen molar-refractivity contribution < 1.29 is 19.8 Å². The number of aromatic hydroxyl groups is 1. The number of carbonyl (C=O) groups excluding carboxylic acids is 1. The van der Waals surface area contributed by atoms with Gasteiger partial charge in [-0.15, -0.1) is 0 Å². The van der Waals surface area contributed by atoms with Crippen LogP contribution in [0.3, 0.4) is 0 Å². The number of ether oxygens (including phenoxy) is 1. The Hall–Kier alpha value is -1.99. The lowest BCUT2D eigenvalue weighted by atomic mass is 10.2. The topological polar surface area (TPSA) is 94.1 Å². The quantitative estimate of drug-likeness (QED) is 0.359. The number of amides is 2. The summed E-state index contributed by atoms with van der Waals surface area (Å²) in [6, 6.07) is 4.14. The molecular formula is C11H15N3O4. The predicted molar refractivity (Wildman–Crippen MR) is 64.9 cm³/mol. The molecule has 0 aliphatic carbocycles. The molecule has 1 saturated heterocycles. The standard InChI is InChI=1S/C11H15N3O4/c15-10-2-1-8(7-9(10)13-17)12-11(16)14-3-5-18-6-4-14/h1-2,7,13,15,17H,3-6H2,(H,12,16). The van der Waals surface area contributed by atoms with Gasteiger partial charge in [-0.3, -0.25) is 10.7 Å². The van der Waals surface area contributed by atoms with E-state index in [1.807, 2.05) is 5.48 Å². The van der Waals surface area contributed by atoms with Crippen molar-refractivity contribution in [2.75, 3.05) is 37.1 Å². The second-order valence-electron chi connectivity index (χ2n) is 3.87. The Balaban J connectivity index is 2.02. The number of anilines is 2. The summed E-state index contributed by atoms with van der Waals surface area (Å²) in [6.45, 7) is 2.17. The molecule has 7 heteroatoms. The Bertz CT molecular complexity index is 432. The van der Waals surface area contributed by atoms with Crippen molar-refractivity contribution in [1.29, 1.82) is 0 Å². The van der Waals surface area contributed by atoms with Gasteiger partial charge in [0.15, 0.2) is 0 Å². The molecule has 98 valence electrons. The first-order valence-corrected chi connectivity index (χ1v) is 5.57. The second kappa shape index (κ2) is 5.56. The highest BCUT2D eigenvalue weighted by molar-refractivity contribution is 5.90. The molecule has 0 bridgehead atoms. The zero-order valence-electron chi connectivity index (χ0n) is 9.72. The molecule has 0 radical (unpaired) electrons. The van der Waals surface area contributed by atoms with Gasteiger partial charge in [-0.1, -0.05) is 0 Å². The van der Waals surface area contributed by atoms with Crippen molar-refractivity contribution >= 4 is 17.4 Å². The van der Waals surface area contributed by atoms with Crippen LogP contribution in [-0.4, -0.2) is 47.5 Å². The number of phenolic OH excluding ortho intramolecular Hbond substituents is 1. The number of urea groups is 1. The number of carbonyl (C=O) groups is 1.